The van der Waals surface area contributed by atoms with Crippen molar-refractivity contribution in [2.75, 3.05) is 12.3 Å². The Morgan fingerprint density at radius 3 is 2.80 bits per heavy atom. The average Bonchev–Trinajstić information content (AvgIpc) is 2.83. The highest BCUT2D eigenvalue weighted by Gasteiger charge is 2.22. The molecule has 1 aromatic rings. The summed E-state index contributed by atoms with van der Waals surface area (Å²) in [6.07, 6.45) is 2.21. The summed E-state index contributed by atoms with van der Waals surface area (Å²) in [6, 6.07) is 3.58. The van der Waals surface area contributed by atoms with Crippen molar-refractivity contribution in [3.8, 4) is 0 Å². The van der Waals surface area contributed by atoms with Gasteiger partial charge in [0.1, 0.15) is 0 Å². The van der Waals surface area contributed by atoms with Crippen LogP contribution >= 0.6 is 11.8 Å². The second-order valence-corrected chi connectivity index (χ2v) is 6.05. The lowest BCUT2D eigenvalue weighted by Crippen LogP contribution is -2.30. The van der Waals surface area contributed by atoms with Gasteiger partial charge in [0.15, 0.2) is 11.6 Å². The molecule has 1 aromatic carbocycles. The van der Waals surface area contributed by atoms with Crippen molar-refractivity contribution in [3.63, 3.8) is 0 Å². The van der Waals surface area contributed by atoms with E-state index in [-0.39, 0.29) is 17.8 Å². The maximum Gasteiger partial charge on any atom is 0.230 e. The highest BCUT2D eigenvalue weighted by molar-refractivity contribution is 8.00. The minimum Gasteiger partial charge on any atom is -0.393 e. The smallest absolute Gasteiger partial charge is 0.230 e. The lowest BCUT2D eigenvalue weighted by atomic mass is 10.1. The van der Waals surface area contributed by atoms with Crippen LogP contribution in [0.1, 0.15) is 19.3 Å². The predicted molar refractivity (Wildman–Crippen MR) is 73.4 cm³/mol. The van der Waals surface area contributed by atoms with Crippen LogP contribution in [0.25, 0.3) is 0 Å². The van der Waals surface area contributed by atoms with Gasteiger partial charge in [0.05, 0.1) is 11.9 Å². The van der Waals surface area contributed by atoms with Crippen LogP contribution in [-0.2, 0) is 4.79 Å². The molecule has 6 heteroatoms. The van der Waals surface area contributed by atoms with Crippen molar-refractivity contribution in [2.45, 2.75) is 30.3 Å². The summed E-state index contributed by atoms with van der Waals surface area (Å²) in [4.78, 5) is 12.2. The Labute approximate surface area is 120 Å². The first-order chi connectivity index (χ1) is 9.54. The quantitative estimate of drug-likeness (QED) is 0.821. The van der Waals surface area contributed by atoms with Crippen LogP contribution in [0.5, 0.6) is 0 Å². The minimum atomic E-state index is -0.907. The summed E-state index contributed by atoms with van der Waals surface area (Å²) in [5.74, 6) is -1.43. The highest BCUT2D eigenvalue weighted by Crippen LogP contribution is 2.24. The maximum atomic E-state index is 13.0. The monoisotopic (exact) mass is 301 g/mol. The predicted octanol–water partition coefficient (Wildman–Crippen LogP) is 2.33. The van der Waals surface area contributed by atoms with E-state index in [1.807, 2.05) is 0 Å². The number of rotatable bonds is 5. The van der Waals surface area contributed by atoms with E-state index in [0.717, 1.165) is 31.4 Å². The van der Waals surface area contributed by atoms with Crippen LogP contribution in [0.4, 0.5) is 8.78 Å². The number of nitrogens with one attached hydrogen (secondary N) is 1. The highest BCUT2D eigenvalue weighted by atomic mass is 32.2. The first-order valence-electron chi connectivity index (χ1n) is 6.57. The molecule has 0 bridgehead atoms. The summed E-state index contributed by atoms with van der Waals surface area (Å²) >= 11 is 1.17. The van der Waals surface area contributed by atoms with Crippen molar-refractivity contribution in [1.29, 1.82) is 0 Å². The van der Waals surface area contributed by atoms with E-state index in [0.29, 0.717) is 17.4 Å². The zero-order chi connectivity index (χ0) is 14.5. The van der Waals surface area contributed by atoms with Gasteiger partial charge in [-0.05, 0) is 43.4 Å². The molecule has 3 nitrogen and oxygen atoms in total. The van der Waals surface area contributed by atoms with Gasteiger partial charge >= 0.3 is 0 Å². The molecule has 0 aromatic heterocycles. The maximum absolute atomic E-state index is 13.0. The average molecular weight is 301 g/mol. The molecule has 0 spiro atoms. The minimum absolute atomic E-state index is 0.138. The van der Waals surface area contributed by atoms with Gasteiger partial charge in [-0.25, -0.2) is 8.78 Å². The van der Waals surface area contributed by atoms with E-state index in [4.69, 9.17) is 0 Å². The van der Waals surface area contributed by atoms with Gasteiger partial charge in [0.25, 0.3) is 0 Å². The van der Waals surface area contributed by atoms with Gasteiger partial charge in [-0.15, -0.1) is 11.8 Å². The molecule has 2 rings (SSSR count). The molecule has 1 fully saturated rings. The second-order valence-electron chi connectivity index (χ2n) is 5.00. The SMILES string of the molecule is O=C(CSc1ccc(F)c(F)c1)NCC1CCC(O)C1. The van der Waals surface area contributed by atoms with E-state index in [1.165, 1.54) is 17.8 Å². The molecule has 2 atom stereocenters. The first-order valence-corrected chi connectivity index (χ1v) is 7.56. The normalized spacial score (nSPS) is 21.9. The van der Waals surface area contributed by atoms with Crippen molar-refractivity contribution >= 4 is 17.7 Å². The topological polar surface area (TPSA) is 49.3 Å². The first kappa shape index (κ1) is 15.3. The summed E-state index contributed by atoms with van der Waals surface area (Å²) in [7, 11) is 0. The molecule has 0 saturated heterocycles. The molecule has 1 amide bonds. The van der Waals surface area contributed by atoms with Crippen molar-refractivity contribution in [3.05, 3.63) is 29.8 Å². The molecule has 0 radical (unpaired) electrons. The number of carbonyl (C=O) groups excluding carboxylic acids is 1. The molecule has 2 N–H and O–H groups in total. The molecule has 1 saturated carbocycles. The summed E-state index contributed by atoms with van der Waals surface area (Å²) in [5, 5.41) is 12.2. The molecular weight excluding hydrogens is 284 g/mol. The number of aliphatic hydroxyl groups excluding tert-OH is 1. The number of thioether (sulfide) groups is 1. The van der Waals surface area contributed by atoms with E-state index >= 15 is 0 Å². The van der Waals surface area contributed by atoms with Gasteiger partial charge in [-0.3, -0.25) is 4.79 Å². The Balaban J connectivity index is 1.70. The second kappa shape index (κ2) is 7.04. The number of carbonyl (C=O) groups is 1. The van der Waals surface area contributed by atoms with Crippen molar-refractivity contribution < 1.29 is 18.7 Å². The summed E-state index contributed by atoms with van der Waals surface area (Å²) in [5.41, 5.74) is 0. The molecule has 1 aliphatic rings. The lowest BCUT2D eigenvalue weighted by Gasteiger charge is -2.10. The molecule has 1 aliphatic carbocycles. The van der Waals surface area contributed by atoms with Crippen LogP contribution in [-0.4, -0.2) is 29.4 Å². The third kappa shape index (κ3) is 4.45. The zero-order valence-electron chi connectivity index (χ0n) is 10.9. The van der Waals surface area contributed by atoms with Crippen LogP contribution in [0.3, 0.4) is 0 Å². The fraction of sp³-hybridized carbons (Fsp3) is 0.500. The van der Waals surface area contributed by atoms with Crippen LogP contribution in [0.15, 0.2) is 23.1 Å². The van der Waals surface area contributed by atoms with Crippen molar-refractivity contribution in [1.82, 2.24) is 5.32 Å². The molecule has 2 unspecified atom stereocenters. The van der Waals surface area contributed by atoms with E-state index in [1.54, 1.807) is 0 Å². The fourth-order valence-electron chi connectivity index (χ4n) is 2.26. The van der Waals surface area contributed by atoms with Gasteiger partial charge in [-0.1, -0.05) is 0 Å². The number of hydrogen-bond donors (Lipinski definition) is 2. The van der Waals surface area contributed by atoms with Crippen molar-refractivity contribution in [2.24, 2.45) is 5.92 Å². The molecular formula is C14H17F2NO2S. The van der Waals surface area contributed by atoms with Gasteiger partial charge in [0.2, 0.25) is 5.91 Å². The van der Waals surface area contributed by atoms with E-state index in [2.05, 4.69) is 5.32 Å². The zero-order valence-corrected chi connectivity index (χ0v) is 11.8. The molecule has 110 valence electrons. The molecule has 0 aliphatic heterocycles. The van der Waals surface area contributed by atoms with Crippen LogP contribution in [0.2, 0.25) is 0 Å². The van der Waals surface area contributed by atoms with Gasteiger partial charge in [0, 0.05) is 11.4 Å². The van der Waals surface area contributed by atoms with Crippen LogP contribution < -0.4 is 5.32 Å². The number of aliphatic hydroxyl groups is 1. The van der Waals surface area contributed by atoms with Gasteiger partial charge < -0.3 is 10.4 Å². The summed E-state index contributed by atoms with van der Waals surface area (Å²) < 4.78 is 25.7. The number of hydrogen-bond acceptors (Lipinski definition) is 3. The Morgan fingerprint density at radius 1 is 1.35 bits per heavy atom. The Morgan fingerprint density at radius 2 is 2.15 bits per heavy atom. The molecule has 0 heterocycles. The third-order valence-corrected chi connectivity index (χ3v) is 4.36. The number of benzene rings is 1. The summed E-state index contributed by atoms with van der Waals surface area (Å²) in [6.45, 7) is 0.564. The molecule has 20 heavy (non-hydrogen) atoms. The van der Waals surface area contributed by atoms with Gasteiger partial charge in [-0.2, -0.15) is 0 Å². The number of amides is 1. The standard InChI is InChI=1S/C14H17F2NO2S/c15-12-4-3-11(6-13(12)16)20-8-14(19)17-7-9-1-2-10(18)5-9/h3-4,6,9-10,18H,1-2,5,7-8H2,(H,17,19). The third-order valence-electron chi connectivity index (χ3n) is 3.36. The van der Waals surface area contributed by atoms with E-state index < -0.39 is 11.6 Å². The largest absolute Gasteiger partial charge is 0.393 e. The lowest BCUT2D eigenvalue weighted by molar-refractivity contribution is -0.118. The Bertz CT molecular complexity index is 484. The fourth-order valence-corrected chi connectivity index (χ4v) is 3.01. The Hall–Kier alpha value is -1.14. The number of halogens is 2. The van der Waals surface area contributed by atoms with Crippen LogP contribution in [0, 0.1) is 17.6 Å². The van der Waals surface area contributed by atoms with E-state index in [9.17, 15) is 18.7 Å². The Kier molecular flexibility index (Phi) is 5.37.